The van der Waals surface area contributed by atoms with Crippen molar-refractivity contribution < 1.29 is 19.1 Å². The van der Waals surface area contributed by atoms with Gasteiger partial charge in [-0.2, -0.15) is 0 Å². The Kier molecular flexibility index (Phi) is 5.94. The van der Waals surface area contributed by atoms with Gasteiger partial charge in [-0.3, -0.25) is 19.7 Å². The lowest BCUT2D eigenvalue weighted by molar-refractivity contribution is -0.136. The molecule has 0 bridgehead atoms. The molecule has 2 fully saturated rings. The van der Waals surface area contributed by atoms with Crippen LogP contribution in [0.25, 0.3) is 0 Å². The number of hydrogen-bond donors (Lipinski definition) is 3. The molecular weight excluding hydrogens is 372 g/mol. The van der Waals surface area contributed by atoms with Crippen molar-refractivity contribution in [3.63, 3.8) is 0 Å². The van der Waals surface area contributed by atoms with Crippen LogP contribution >= 0.6 is 0 Å². The normalized spacial score (nSPS) is 27.1. The summed E-state index contributed by atoms with van der Waals surface area (Å²) in [4.78, 5) is 38.1. The molecule has 3 aliphatic heterocycles. The lowest BCUT2D eigenvalue weighted by atomic mass is 10.0. The first-order chi connectivity index (χ1) is 14.0. The summed E-state index contributed by atoms with van der Waals surface area (Å²) in [5, 5.41) is 9.17. The monoisotopic (exact) mass is 400 g/mol. The van der Waals surface area contributed by atoms with Gasteiger partial charge in [-0.1, -0.05) is 12.1 Å². The molecule has 0 spiro atoms. The van der Waals surface area contributed by atoms with Gasteiger partial charge < -0.3 is 20.3 Å². The van der Waals surface area contributed by atoms with Crippen LogP contribution in [0.15, 0.2) is 18.2 Å². The maximum absolute atomic E-state index is 12.9. The van der Waals surface area contributed by atoms with Crippen LogP contribution in [-0.2, 0) is 27.4 Å². The first-order valence-electron chi connectivity index (χ1n) is 10.3. The molecule has 3 N–H and O–H groups in total. The van der Waals surface area contributed by atoms with Gasteiger partial charge in [0, 0.05) is 38.2 Å². The van der Waals surface area contributed by atoms with Crippen LogP contribution in [0, 0.1) is 0 Å². The number of amides is 3. The molecule has 3 atom stereocenters. The first kappa shape index (κ1) is 20.0. The topological polar surface area (TPSA) is 99.8 Å². The number of piperidine rings is 1. The van der Waals surface area contributed by atoms with E-state index in [1.165, 1.54) is 0 Å². The maximum Gasteiger partial charge on any atom is 0.255 e. The Morgan fingerprint density at radius 1 is 1.24 bits per heavy atom. The number of fused-ring (bicyclic) bond motifs is 1. The zero-order chi connectivity index (χ0) is 20.4. The number of morpholine rings is 1. The smallest absolute Gasteiger partial charge is 0.255 e. The van der Waals surface area contributed by atoms with Gasteiger partial charge in [0.25, 0.3) is 5.91 Å². The fourth-order valence-electron chi connectivity index (χ4n) is 4.34. The van der Waals surface area contributed by atoms with Crippen LogP contribution in [-0.4, -0.2) is 60.5 Å². The lowest BCUT2D eigenvalue weighted by Gasteiger charge is -2.29. The van der Waals surface area contributed by atoms with Crippen molar-refractivity contribution in [3.05, 3.63) is 34.9 Å². The Bertz CT molecular complexity index is 812. The van der Waals surface area contributed by atoms with Crippen LogP contribution in [0.4, 0.5) is 0 Å². The Morgan fingerprint density at radius 2 is 2.10 bits per heavy atom. The molecule has 3 heterocycles. The van der Waals surface area contributed by atoms with Gasteiger partial charge in [0.15, 0.2) is 0 Å². The van der Waals surface area contributed by atoms with Crippen molar-refractivity contribution in [3.8, 4) is 0 Å². The summed E-state index contributed by atoms with van der Waals surface area (Å²) in [6.45, 7) is 5.75. The van der Waals surface area contributed by atoms with Crippen molar-refractivity contribution >= 4 is 17.7 Å². The molecule has 0 radical (unpaired) electrons. The minimum Gasteiger partial charge on any atom is -0.373 e. The summed E-state index contributed by atoms with van der Waals surface area (Å²) in [5.41, 5.74) is 2.70. The number of carbonyl (C=O) groups is 3. The molecule has 8 heteroatoms. The van der Waals surface area contributed by atoms with Crippen molar-refractivity contribution in [2.45, 2.75) is 57.5 Å². The summed E-state index contributed by atoms with van der Waals surface area (Å²) in [7, 11) is 0. The van der Waals surface area contributed by atoms with Crippen molar-refractivity contribution in [2.75, 3.05) is 19.6 Å². The van der Waals surface area contributed by atoms with E-state index in [0.717, 1.165) is 37.2 Å². The van der Waals surface area contributed by atoms with E-state index < -0.39 is 6.04 Å². The van der Waals surface area contributed by atoms with Gasteiger partial charge in [-0.15, -0.1) is 0 Å². The summed E-state index contributed by atoms with van der Waals surface area (Å²) >= 11 is 0. The number of ether oxygens (including phenoxy) is 1. The van der Waals surface area contributed by atoms with E-state index in [0.29, 0.717) is 25.1 Å². The van der Waals surface area contributed by atoms with Crippen molar-refractivity contribution in [1.82, 2.24) is 20.9 Å². The van der Waals surface area contributed by atoms with Crippen LogP contribution in [0.1, 0.15) is 47.7 Å². The average molecular weight is 400 g/mol. The van der Waals surface area contributed by atoms with Crippen LogP contribution < -0.4 is 16.0 Å². The van der Waals surface area contributed by atoms with E-state index in [4.69, 9.17) is 4.74 Å². The number of hydrogen-bond acceptors (Lipinski definition) is 6. The van der Waals surface area contributed by atoms with Crippen LogP contribution in [0.2, 0.25) is 0 Å². The third kappa shape index (κ3) is 4.34. The van der Waals surface area contributed by atoms with Gasteiger partial charge in [0.2, 0.25) is 11.8 Å². The number of carbonyl (C=O) groups excluding carboxylic acids is 3. The number of imide groups is 1. The summed E-state index contributed by atoms with van der Waals surface area (Å²) in [6, 6.07) is 5.15. The molecule has 3 amide bonds. The van der Waals surface area contributed by atoms with Crippen molar-refractivity contribution in [2.24, 2.45) is 0 Å². The van der Waals surface area contributed by atoms with Gasteiger partial charge >= 0.3 is 0 Å². The Morgan fingerprint density at radius 3 is 2.90 bits per heavy atom. The predicted octanol–water partition coefficient (Wildman–Crippen LogP) is 0.304. The van der Waals surface area contributed by atoms with Gasteiger partial charge in [0.1, 0.15) is 6.04 Å². The number of benzene rings is 1. The van der Waals surface area contributed by atoms with E-state index >= 15 is 0 Å². The highest BCUT2D eigenvalue weighted by atomic mass is 16.5. The second-order valence-electron chi connectivity index (χ2n) is 8.04. The van der Waals surface area contributed by atoms with Gasteiger partial charge in [0.05, 0.1) is 12.2 Å². The lowest BCUT2D eigenvalue weighted by Crippen LogP contribution is -2.52. The predicted molar refractivity (Wildman–Crippen MR) is 106 cm³/mol. The average Bonchev–Trinajstić information content (AvgIpc) is 3.03. The minimum atomic E-state index is -0.577. The van der Waals surface area contributed by atoms with E-state index in [9.17, 15) is 14.4 Å². The van der Waals surface area contributed by atoms with Crippen LogP contribution in [0.3, 0.4) is 0 Å². The standard InChI is InChI=1S/C21H28N4O4/c1-13-9-23-11-15(29-13)7-8-22-10-14-3-2-4-16-17(14)12-25(21(16)28)18-5-6-19(26)24-20(18)27/h2-4,13,15,18,22-23H,5-12H2,1H3,(H,24,26,27). The molecule has 29 heavy (non-hydrogen) atoms. The second-order valence-corrected chi connectivity index (χ2v) is 8.04. The maximum atomic E-state index is 12.9. The zero-order valence-corrected chi connectivity index (χ0v) is 16.7. The molecule has 3 unspecified atom stereocenters. The molecule has 2 saturated heterocycles. The number of nitrogens with one attached hydrogen (secondary N) is 3. The minimum absolute atomic E-state index is 0.132. The third-order valence-corrected chi connectivity index (χ3v) is 5.87. The fourth-order valence-corrected chi connectivity index (χ4v) is 4.34. The summed E-state index contributed by atoms with van der Waals surface area (Å²) in [6.07, 6.45) is 2.04. The molecule has 1 aromatic carbocycles. The highest BCUT2D eigenvalue weighted by Gasteiger charge is 2.39. The van der Waals surface area contributed by atoms with E-state index in [2.05, 4.69) is 22.9 Å². The second kappa shape index (κ2) is 8.61. The first-order valence-corrected chi connectivity index (χ1v) is 10.3. The SMILES string of the molecule is CC1CNCC(CCNCc2cccc3c2CN(C2CCC(=O)NC2=O)C3=O)O1. The Balaban J connectivity index is 1.35. The van der Waals surface area contributed by atoms with E-state index in [1.807, 2.05) is 18.2 Å². The van der Waals surface area contributed by atoms with Crippen LogP contribution in [0.5, 0.6) is 0 Å². The molecule has 3 aliphatic rings. The highest BCUT2D eigenvalue weighted by Crippen LogP contribution is 2.29. The number of nitrogens with zero attached hydrogens (tertiary/aromatic N) is 1. The number of rotatable bonds is 6. The molecule has 0 saturated carbocycles. The van der Waals surface area contributed by atoms with Gasteiger partial charge in [-0.25, -0.2) is 0 Å². The zero-order valence-electron chi connectivity index (χ0n) is 16.7. The van der Waals surface area contributed by atoms with Crippen molar-refractivity contribution in [1.29, 1.82) is 0 Å². The molecular formula is C21H28N4O4. The quantitative estimate of drug-likeness (QED) is 0.469. The fraction of sp³-hybridized carbons (Fsp3) is 0.571. The highest BCUT2D eigenvalue weighted by molar-refractivity contribution is 6.05. The molecule has 0 aliphatic carbocycles. The Labute approximate surface area is 170 Å². The molecule has 156 valence electrons. The Hall–Kier alpha value is -2.29. The summed E-state index contributed by atoms with van der Waals surface area (Å²) in [5.74, 6) is -0.781. The van der Waals surface area contributed by atoms with E-state index in [-0.39, 0.29) is 36.4 Å². The largest absolute Gasteiger partial charge is 0.373 e. The molecule has 0 aromatic heterocycles. The summed E-state index contributed by atoms with van der Waals surface area (Å²) < 4.78 is 5.91. The third-order valence-electron chi connectivity index (χ3n) is 5.87. The molecule has 1 aromatic rings. The molecule has 4 rings (SSSR count). The van der Waals surface area contributed by atoms with Gasteiger partial charge in [-0.05, 0) is 43.5 Å². The van der Waals surface area contributed by atoms with E-state index in [1.54, 1.807) is 4.90 Å². The molecule has 8 nitrogen and oxygen atoms in total.